The monoisotopic (exact) mass is 483 g/mol. The molecule has 2 nitrogen and oxygen atoms in total. The molecule has 0 aliphatic heterocycles. The summed E-state index contributed by atoms with van der Waals surface area (Å²) in [5, 5.41) is 0.170. The van der Waals surface area contributed by atoms with E-state index in [0.717, 1.165) is 18.4 Å². The van der Waals surface area contributed by atoms with Crippen LogP contribution >= 0.6 is 0 Å². The van der Waals surface area contributed by atoms with Crippen molar-refractivity contribution in [2.24, 2.45) is 10.4 Å². The first kappa shape index (κ1) is 27.1. The molecule has 3 rings (SSSR count). The second kappa shape index (κ2) is 10.6. The molecule has 1 saturated carbocycles. The average Bonchev–Trinajstić information content (AvgIpc) is 2.73. The minimum Gasteiger partial charge on any atom is -0.414 e. The molecule has 1 fully saturated rings. The molecule has 1 aromatic rings. The lowest BCUT2D eigenvalue weighted by molar-refractivity contribution is 0.132. The number of benzene rings is 1. The summed E-state index contributed by atoms with van der Waals surface area (Å²) in [6.07, 6.45) is 14.8. The van der Waals surface area contributed by atoms with Crippen molar-refractivity contribution in [3.05, 3.63) is 52.9 Å². The summed E-state index contributed by atoms with van der Waals surface area (Å²) in [5.41, 5.74) is 4.36. The van der Waals surface area contributed by atoms with E-state index in [4.69, 9.17) is 9.42 Å². The molecule has 0 amide bonds. The van der Waals surface area contributed by atoms with Crippen LogP contribution in [0.2, 0.25) is 18.1 Å². The minimum atomic E-state index is -1.90. The van der Waals surface area contributed by atoms with Gasteiger partial charge < -0.3 is 4.43 Å². The number of allylic oxidation sites excluding steroid dienone is 3. The number of hydrogen-bond donors (Lipinski definition) is 0. The van der Waals surface area contributed by atoms with Gasteiger partial charge in [0.2, 0.25) is 0 Å². The van der Waals surface area contributed by atoms with E-state index in [1.54, 1.807) is 6.07 Å². The molecule has 0 spiro atoms. The summed E-state index contributed by atoms with van der Waals surface area (Å²) in [4.78, 5) is 4.83. The van der Waals surface area contributed by atoms with Crippen LogP contribution in [-0.2, 0) is 4.43 Å². The molecule has 2 aliphatic carbocycles. The lowest BCUT2D eigenvalue weighted by Gasteiger charge is -2.45. The zero-order chi connectivity index (χ0) is 25.1. The van der Waals surface area contributed by atoms with E-state index < -0.39 is 8.32 Å². The third-order valence-corrected chi connectivity index (χ3v) is 12.8. The van der Waals surface area contributed by atoms with E-state index in [2.05, 4.69) is 59.9 Å². The Morgan fingerprint density at radius 1 is 1.12 bits per heavy atom. The topological polar surface area (TPSA) is 21.6 Å². The van der Waals surface area contributed by atoms with Gasteiger partial charge in [0.15, 0.2) is 8.32 Å². The Morgan fingerprint density at radius 3 is 2.41 bits per heavy atom. The molecule has 188 valence electrons. The summed E-state index contributed by atoms with van der Waals surface area (Å²) < 4.78 is 21.0. The van der Waals surface area contributed by atoms with Crippen LogP contribution in [0.25, 0.3) is 5.57 Å². The summed E-state index contributed by atoms with van der Waals surface area (Å²) in [7, 11) is -1.90. The summed E-state index contributed by atoms with van der Waals surface area (Å²) in [6.45, 7) is 18.1. The van der Waals surface area contributed by atoms with Crippen LogP contribution in [0.4, 0.5) is 4.39 Å². The maximum atomic E-state index is 14.1. The molecule has 1 aromatic carbocycles. The molecule has 0 heterocycles. The number of aryl methyl sites for hydroxylation is 1. The minimum absolute atomic E-state index is 0.0436. The molecule has 1 atom stereocenters. The fourth-order valence-electron chi connectivity index (χ4n) is 5.15. The highest BCUT2D eigenvalue weighted by Crippen LogP contribution is 2.48. The van der Waals surface area contributed by atoms with Crippen molar-refractivity contribution < 1.29 is 8.82 Å². The number of halogens is 1. The standard InChI is InChI=1S/C30H46FNOSi/c1-22-19-23(16-17-28(22)31)26-20-25(33-34(7,8)29(2,3)4)21-30(5,6)27(26)15-12-18-32-24-13-10-9-11-14-24/h12,15-19,24-25H,9-11,13-14,20-21H2,1-8H3/b15-12+,32-18?. The summed E-state index contributed by atoms with van der Waals surface area (Å²) >= 11 is 0. The second-order valence-corrected chi connectivity index (χ2v) is 17.4. The fourth-order valence-corrected chi connectivity index (χ4v) is 6.50. The van der Waals surface area contributed by atoms with Crippen molar-refractivity contribution in [2.75, 3.05) is 0 Å². The van der Waals surface area contributed by atoms with Gasteiger partial charge in [-0.3, -0.25) is 4.99 Å². The van der Waals surface area contributed by atoms with Crippen molar-refractivity contribution >= 4 is 20.1 Å². The molecule has 0 saturated heterocycles. The van der Waals surface area contributed by atoms with Crippen LogP contribution in [-0.4, -0.2) is 26.7 Å². The second-order valence-electron chi connectivity index (χ2n) is 12.6. The Hall–Kier alpha value is -1.52. The van der Waals surface area contributed by atoms with E-state index >= 15 is 0 Å². The van der Waals surface area contributed by atoms with Crippen molar-refractivity contribution in [2.45, 2.75) is 117 Å². The highest BCUT2D eigenvalue weighted by atomic mass is 28.4. The smallest absolute Gasteiger partial charge is 0.192 e. The lowest BCUT2D eigenvalue weighted by atomic mass is 9.69. The van der Waals surface area contributed by atoms with E-state index in [-0.39, 0.29) is 22.4 Å². The molecule has 0 N–H and O–H groups in total. The summed E-state index contributed by atoms with van der Waals surface area (Å²) in [6, 6.07) is 6.02. The van der Waals surface area contributed by atoms with Gasteiger partial charge in [-0.1, -0.05) is 66.0 Å². The van der Waals surface area contributed by atoms with Crippen molar-refractivity contribution in [3.8, 4) is 0 Å². The van der Waals surface area contributed by atoms with Gasteiger partial charge in [0.25, 0.3) is 0 Å². The molecular weight excluding hydrogens is 437 g/mol. The average molecular weight is 484 g/mol. The first-order chi connectivity index (χ1) is 15.8. The van der Waals surface area contributed by atoms with E-state index in [1.165, 1.54) is 43.3 Å². The lowest BCUT2D eigenvalue weighted by Crippen LogP contribution is -2.46. The third-order valence-electron chi connectivity index (χ3n) is 8.22. The van der Waals surface area contributed by atoms with E-state index in [0.29, 0.717) is 11.6 Å². The Labute approximate surface area is 208 Å². The van der Waals surface area contributed by atoms with E-state index in [9.17, 15) is 4.39 Å². The van der Waals surface area contributed by atoms with Crippen LogP contribution in [0, 0.1) is 18.2 Å². The maximum absolute atomic E-state index is 14.1. The molecular formula is C30H46FNOSi. The predicted molar refractivity (Wildman–Crippen MR) is 148 cm³/mol. The van der Waals surface area contributed by atoms with Gasteiger partial charge in [-0.25, -0.2) is 4.39 Å². The summed E-state index contributed by atoms with van der Waals surface area (Å²) in [5.74, 6) is -0.148. The zero-order valence-corrected chi connectivity index (χ0v) is 23.8. The quantitative estimate of drug-likeness (QED) is 0.292. The SMILES string of the molecule is Cc1cc(C2=C(/C=C/C=NC3CCCCC3)C(C)(C)CC(O[Si](C)(C)C(C)(C)C)C2)ccc1F. The first-order valence-corrected chi connectivity index (χ1v) is 16.1. The zero-order valence-electron chi connectivity index (χ0n) is 22.8. The molecule has 4 heteroatoms. The van der Waals surface area contributed by atoms with Gasteiger partial charge in [-0.05, 0) is 96.6 Å². The third kappa shape index (κ3) is 6.57. The number of nitrogens with zero attached hydrogens (tertiary/aromatic N) is 1. The predicted octanol–water partition coefficient (Wildman–Crippen LogP) is 9.06. The normalized spacial score (nSPS) is 22.8. The van der Waals surface area contributed by atoms with Crippen LogP contribution < -0.4 is 0 Å². The van der Waals surface area contributed by atoms with Gasteiger partial charge in [0.05, 0.1) is 0 Å². The van der Waals surface area contributed by atoms with Crippen molar-refractivity contribution in [1.29, 1.82) is 0 Å². The van der Waals surface area contributed by atoms with Crippen LogP contribution in [0.3, 0.4) is 0 Å². The van der Waals surface area contributed by atoms with Crippen LogP contribution in [0.15, 0.2) is 40.9 Å². The van der Waals surface area contributed by atoms with Crippen molar-refractivity contribution in [1.82, 2.24) is 0 Å². The Kier molecular flexibility index (Phi) is 8.45. The Balaban J connectivity index is 1.95. The largest absolute Gasteiger partial charge is 0.414 e. The van der Waals surface area contributed by atoms with Crippen molar-refractivity contribution in [3.63, 3.8) is 0 Å². The van der Waals surface area contributed by atoms with Gasteiger partial charge in [-0.15, -0.1) is 0 Å². The Bertz CT molecular complexity index is 945. The maximum Gasteiger partial charge on any atom is 0.192 e. The van der Waals surface area contributed by atoms with Gasteiger partial charge >= 0.3 is 0 Å². The van der Waals surface area contributed by atoms with E-state index in [1.807, 2.05) is 25.3 Å². The molecule has 0 aromatic heterocycles. The molecule has 34 heavy (non-hydrogen) atoms. The molecule has 0 bridgehead atoms. The van der Waals surface area contributed by atoms with Crippen LogP contribution in [0.1, 0.15) is 90.7 Å². The van der Waals surface area contributed by atoms with Crippen LogP contribution in [0.5, 0.6) is 0 Å². The molecule has 1 unspecified atom stereocenters. The fraction of sp³-hybridized carbons (Fsp3) is 0.633. The highest BCUT2D eigenvalue weighted by molar-refractivity contribution is 6.74. The van der Waals surface area contributed by atoms with Gasteiger partial charge in [0.1, 0.15) is 5.82 Å². The molecule has 2 aliphatic rings. The number of hydrogen-bond acceptors (Lipinski definition) is 2. The number of rotatable bonds is 6. The van der Waals surface area contributed by atoms with Gasteiger partial charge in [-0.2, -0.15) is 0 Å². The molecule has 0 radical (unpaired) electrons. The van der Waals surface area contributed by atoms with Gasteiger partial charge in [0, 0.05) is 18.4 Å². The number of aliphatic imine (C=N–C) groups is 1. The first-order valence-electron chi connectivity index (χ1n) is 13.2. The Morgan fingerprint density at radius 2 is 1.79 bits per heavy atom. The highest BCUT2D eigenvalue weighted by Gasteiger charge is 2.42.